The second kappa shape index (κ2) is 10.3. The van der Waals surface area contributed by atoms with Crippen LogP contribution < -0.4 is 5.73 Å². The van der Waals surface area contributed by atoms with E-state index in [1.165, 1.54) is 5.56 Å². The summed E-state index contributed by atoms with van der Waals surface area (Å²) in [5, 5.41) is 0. The van der Waals surface area contributed by atoms with Crippen LogP contribution in [0.25, 0.3) is 0 Å². The maximum absolute atomic E-state index is 14.1. The van der Waals surface area contributed by atoms with Crippen LogP contribution in [0.1, 0.15) is 80.9 Å². The topological polar surface area (TPSA) is 63.4 Å². The highest BCUT2D eigenvalue weighted by Crippen LogP contribution is 2.37. The zero-order valence-electron chi connectivity index (χ0n) is 18.3. The van der Waals surface area contributed by atoms with Gasteiger partial charge in [0.25, 0.3) is 0 Å². The number of nitrogens with two attached hydrogens (primary N) is 1. The number of hydrogen-bond donors (Lipinski definition) is 1. The molecule has 164 valence electrons. The van der Waals surface area contributed by atoms with E-state index in [1.807, 2.05) is 24.0 Å². The van der Waals surface area contributed by atoms with E-state index in [0.29, 0.717) is 18.4 Å². The predicted octanol–water partition coefficient (Wildman–Crippen LogP) is 4.58. The molecule has 1 saturated heterocycles. The highest BCUT2D eigenvalue weighted by atomic mass is 19.1. The molecule has 0 spiro atoms. The van der Waals surface area contributed by atoms with Gasteiger partial charge in [-0.05, 0) is 80.7 Å². The Balaban J connectivity index is 1.53. The Kier molecular flexibility index (Phi) is 7.81. The molecule has 1 amide bonds. The van der Waals surface area contributed by atoms with Gasteiger partial charge in [-0.25, -0.2) is 4.39 Å². The number of carbonyl (C=O) groups excluding carboxylic acids is 2. The zero-order chi connectivity index (χ0) is 21.7. The standard InChI is InChI=1S/C25H35FN2O2/c1-3-4-9-20(29)10-5-7-19-8-6-13-28(19)25(30)16-24(27)21-12-11-18-14-17(2)23(26)15-22(18)21/h4,9,14-15,19,21,24H,3,5-8,10-13,16,27H2,1-2H3. The maximum atomic E-state index is 14.1. The molecule has 3 atom stereocenters. The molecule has 5 heteroatoms. The number of ketones is 1. The van der Waals surface area contributed by atoms with Crippen molar-refractivity contribution in [2.24, 2.45) is 5.73 Å². The van der Waals surface area contributed by atoms with Gasteiger partial charge < -0.3 is 10.6 Å². The molecule has 0 radical (unpaired) electrons. The van der Waals surface area contributed by atoms with Gasteiger partial charge in [0, 0.05) is 37.4 Å². The van der Waals surface area contributed by atoms with Crippen LogP contribution in [0.4, 0.5) is 4.39 Å². The Bertz CT molecular complexity index is 805. The van der Waals surface area contributed by atoms with Crippen LogP contribution in [0.3, 0.4) is 0 Å². The van der Waals surface area contributed by atoms with Gasteiger partial charge in [0.1, 0.15) is 5.82 Å². The first-order valence-electron chi connectivity index (χ1n) is 11.4. The summed E-state index contributed by atoms with van der Waals surface area (Å²) in [6, 6.07) is 3.47. The first-order valence-corrected chi connectivity index (χ1v) is 11.4. The average Bonchev–Trinajstić information content (AvgIpc) is 3.33. The Labute approximate surface area is 179 Å². The summed E-state index contributed by atoms with van der Waals surface area (Å²) in [7, 11) is 0. The lowest BCUT2D eigenvalue weighted by Crippen LogP contribution is -2.40. The molecular weight excluding hydrogens is 379 g/mol. The van der Waals surface area contributed by atoms with E-state index in [4.69, 9.17) is 5.73 Å². The molecule has 0 saturated carbocycles. The van der Waals surface area contributed by atoms with Crippen molar-refractivity contribution in [3.05, 3.63) is 46.8 Å². The number of halogens is 1. The fourth-order valence-corrected chi connectivity index (χ4v) is 5.00. The van der Waals surface area contributed by atoms with Gasteiger partial charge in [0.15, 0.2) is 5.78 Å². The molecule has 2 N–H and O–H groups in total. The third kappa shape index (κ3) is 5.37. The zero-order valence-corrected chi connectivity index (χ0v) is 18.3. The predicted molar refractivity (Wildman–Crippen MR) is 118 cm³/mol. The molecule has 1 heterocycles. The van der Waals surface area contributed by atoms with Gasteiger partial charge in [-0.3, -0.25) is 9.59 Å². The third-order valence-corrected chi connectivity index (χ3v) is 6.67. The summed E-state index contributed by atoms with van der Waals surface area (Å²) in [6.07, 6.45) is 10.7. The van der Waals surface area contributed by atoms with Crippen LogP contribution in [-0.4, -0.2) is 35.2 Å². The minimum absolute atomic E-state index is 0.0445. The maximum Gasteiger partial charge on any atom is 0.224 e. The number of allylic oxidation sites excluding steroid dienone is 2. The molecule has 1 aromatic rings. The van der Waals surface area contributed by atoms with Crippen LogP contribution in [0.5, 0.6) is 0 Å². The van der Waals surface area contributed by atoms with Crippen LogP contribution in [-0.2, 0) is 16.0 Å². The Hall–Kier alpha value is -2.01. The Morgan fingerprint density at radius 2 is 2.13 bits per heavy atom. The van der Waals surface area contributed by atoms with Crippen molar-refractivity contribution >= 4 is 11.7 Å². The molecule has 30 heavy (non-hydrogen) atoms. The highest BCUT2D eigenvalue weighted by Gasteiger charge is 2.33. The minimum Gasteiger partial charge on any atom is -0.340 e. The van der Waals surface area contributed by atoms with Crippen LogP contribution in [0.2, 0.25) is 0 Å². The van der Waals surface area contributed by atoms with E-state index in [-0.39, 0.29) is 35.5 Å². The van der Waals surface area contributed by atoms with Crippen LogP contribution in [0, 0.1) is 12.7 Å². The second-order valence-electron chi connectivity index (χ2n) is 8.87. The van der Waals surface area contributed by atoms with Crippen LogP contribution in [0.15, 0.2) is 24.3 Å². The quantitative estimate of drug-likeness (QED) is 0.602. The van der Waals surface area contributed by atoms with E-state index in [2.05, 4.69) is 0 Å². The summed E-state index contributed by atoms with van der Waals surface area (Å²) in [4.78, 5) is 26.8. The molecule has 3 rings (SSSR count). The Morgan fingerprint density at radius 1 is 1.33 bits per heavy atom. The van der Waals surface area contributed by atoms with Crippen molar-refractivity contribution in [2.75, 3.05) is 6.54 Å². The molecule has 0 aromatic heterocycles. The largest absolute Gasteiger partial charge is 0.340 e. The fraction of sp³-hybridized carbons (Fsp3) is 0.600. The molecule has 1 aliphatic carbocycles. The average molecular weight is 415 g/mol. The molecule has 1 aromatic carbocycles. The first-order chi connectivity index (χ1) is 14.4. The number of rotatable bonds is 9. The normalized spacial score (nSPS) is 21.9. The van der Waals surface area contributed by atoms with Gasteiger partial charge in [-0.15, -0.1) is 0 Å². The minimum atomic E-state index is -0.289. The van der Waals surface area contributed by atoms with Gasteiger partial charge in [-0.1, -0.05) is 19.1 Å². The molecule has 2 aliphatic rings. The second-order valence-corrected chi connectivity index (χ2v) is 8.87. The molecule has 1 fully saturated rings. The summed E-state index contributed by atoms with van der Waals surface area (Å²) >= 11 is 0. The summed E-state index contributed by atoms with van der Waals surface area (Å²) in [5.74, 6) is 0.116. The smallest absolute Gasteiger partial charge is 0.224 e. The third-order valence-electron chi connectivity index (χ3n) is 6.67. The lowest BCUT2D eigenvalue weighted by atomic mass is 9.90. The number of aryl methyl sites for hydroxylation is 2. The van der Waals surface area contributed by atoms with Crippen molar-refractivity contribution in [1.82, 2.24) is 4.90 Å². The SMILES string of the molecule is CCC=CC(=O)CCCC1CCCN1C(=O)CC(N)C1CCc2cc(C)c(F)cc21. The first kappa shape index (κ1) is 22.7. The molecule has 3 unspecified atom stereocenters. The number of fused-ring (bicyclic) bond motifs is 1. The van der Waals surface area contributed by atoms with Crippen molar-refractivity contribution in [3.8, 4) is 0 Å². The summed E-state index contributed by atoms with van der Waals surface area (Å²) in [6.45, 7) is 4.57. The number of carbonyl (C=O) groups is 2. The number of amides is 1. The molecule has 0 bridgehead atoms. The molecule has 4 nitrogen and oxygen atoms in total. The van der Waals surface area contributed by atoms with E-state index in [0.717, 1.165) is 57.1 Å². The highest BCUT2D eigenvalue weighted by molar-refractivity contribution is 5.89. The van der Waals surface area contributed by atoms with Crippen LogP contribution >= 0.6 is 0 Å². The van der Waals surface area contributed by atoms with E-state index in [1.54, 1.807) is 19.1 Å². The number of hydrogen-bond acceptors (Lipinski definition) is 3. The number of benzene rings is 1. The van der Waals surface area contributed by atoms with Gasteiger partial charge in [0.05, 0.1) is 0 Å². The van der Waals surface area contributed by atoms with E-state index >= 15 is 0 Å². The molecular formula is C25H35FN2O2. The van der Waals surface area contributed by atoms with Crippen molar-refractivity contribution in [2.45, 2.75) is 89.6 Å². The lowest BCUT2D eigenvalue weighted by molar-refractivity contribution is -0.132. The lowest BCUT2D eigenvalue weighted by Gasteiger charge is -2.28. The van der Waals surface area contributed by atoms with Gasteiger partial charge in [0.2, 0.25) is 5.91 Å². The monoisotopic (exact) mass is 414 g/mol. The van der Waals surface area contributed by atoms with Crippen molar-refractivity contribution in [1.29, 1.82) is 0 Å². The summed E-state index contributed by atoms with van der Waals surface area (Å²) < 4.78 is 14.1. The van der Waals surface area contributed by atoms with E-state index < -0.39 is 0 Å². The number of likely N-dealkylation sites (tertiary alicyclic amines) is 1. The van der Waals surface area contributed by atoms with Crippen molar-refractivity contribution in [3.63, 3.8) is 0 Å². The Morgan fingerprint density at radius 3 is 2.90 bits per heavy atom. The van der Waals surface area contributed by atoms with E-state index in [9.17, 15) is 14.0 Å². The van der Waals surface area contributed by atoms with Gasteiger partial charge >= 0.3 is 0 Å². The van der Waals surface area contributed by atoms with Gasteiger partial charge in [-0.2, -0.15) is 0 Å². The summed E-state index contributed by atoms with van der Waals surface area (Å²) in [5.41, 5.74) is 9.28. The van der Waals surface area contributed by atoms with Crippen molar-refractivity contribution < 1.29 is 14.0 Å². The molecule has 1 aliphatic heterocycles. The number of nitrogens with zero attached hydrogens (tertiary/aromatic N) is 1. The fourth-order valence-electron chi connectivity index (χ4n) is 5.00.